The lowest BCUT2D eigenvalue weighted by Crippen LogP contribution is -2.09. The van der Waals surface area contributed by atoms with Gasteiger partial charge in [-0.3, -0.25) is 10.1 Å². The molecule has 0 aromatic heterocycles. The quantitative estimate of drug-likeness (QED) is 0.484. The maximum atomic E-state index is 12.2. The minimum Gasteiger partial charge on any atom is -0.426 e. The van der Waals surface area contributed by atoms with Gasteiger partial charge in [-0.05, 0) is 12.5 Å². The van der Waals surface area contributed by atoms with Gasteiger partial charge < -0.3 is 4.74 Å². The molecule has 0 unspecified atom stereocenters. The number of ether oxygens (including phenoxy) is 1. The molecule has 0 radical (unpaired) electrons. The maximum absolute atomic E-state index is 12.2. The number of hydrogen-bond donors (Lipinski definition) is 0. The van der Waals surface area contributed by atoms with Gasteiger partial charge in [-0.2, -0.15) is 8.78 Å². The highest BCUT2D eigenvalue weighted by Gasteiger charge is 2.30. The first-order valence-electron chi connectivity index (χ1n) is 4.32. The largest absolute Gasteiger partial charge is 0.426 e. The third-order valence-electron chi connectivity index (χ3n) is 1.94. The second-order valence-corrected chi connectivity index (χ2v) is 5.64. The van der Waals surface area contributed by atoms with Crippen LogP contribution in [0.5, 0.6) is 5.75 Å². The van der Waals surface area contributed by atoms with Crippen LogP contribution in [0.25, 0.3) is 0 Å². The molecule has 0 fully saturated rings. The lowest BCUT2D eigenvalue weighted by atomic mass is 10.2. The summed E-state index contributed by atoms with van der Waals surface area (Å²) in [5.74, 6) is -1.06. The van der Waals surface area contributed by atoms with Crippen LogP contribution in [-0.4, -0.2) is 20.0 Å². The van der Waals surface area contributed by atoms with Crippen molar-refractivity contribution in [3.8, 4) is 5.75 Å². The van der Waals surface area contributed by atoms with Crippen LogP contribution < -0.4 is 4.74 Å². The molecule has 10 heteroatoms. The Hall–Kier alpha value is -1.48. The molecule has 100 valence electrons. The SMILES string of the molecule is Cc1ccc([N+](=O)[O-])c(OC(F)F)c1S(=O)(=O)Cl. The van der Waals surface area contributed by atoms with E-state index in [4.69, 9.17) is 10.7 Å². The van der Waals surface area contributed by atoms with Gasteiger partial charge in [0.05, 0.1) is 4.92 Å². The van der Waals surface area contributed by atoms with Gasteiger partial charge in [0.2, 0.25) is 5.75 Å². The Labute approximate surface area is 105 Å². The molecule has 0 saturated heterocycles. The van der Waals surface area contributed by atoms with Crippen molar-refractivity contribution in [2.24, 2.45) is 0 Å². The Morgan fingerprint density at radius 2 is 2.00 bits per heavy atom. The number of halogens is 3. The van der Waals surface area contributed by atoms with Crippen molar-refractivity contribution in [2.45, 2.75) is 18.4 Å². The summed E-state index contributed by atoms with van der Waals surface area (Å²) in [5.41, 5.74) is -0.939. The van der Waals surface area contributed by atoms with Gasteiger partial charge in [0.1, 0.15) is 4.90 Å². The highest BCUT2D eigenvalue weighted by Crippen LogP contribution is 2.39. The Bertz CT molecular complexity index is 589. The van der Waals surface area contributed by atoms with Crippen LogP contribution >= 0.6 is 10.7 Å². The van der Waals surface area contributed by atoms with Gasteiger partial charge in [0, 0.05) is 16.7 Å². The van der Waals surface area contributed by atoms with Crippen molar-refractivity contribution in [3.63, 3.8) is 0 Å². The number of nitro groups is 1. The van der Waals surface area contributed by atoms with Crippen molar-refractivity contribution < 1.29 is 26.9 Å². The van der Waals surface area contributed by atoms with Gasteiger partial charge >= 0.3 is 12.3 Å². The van der Waals surface area contributed by atoms with Crippen LogP contribution in [-0.2, 0) is 9.05 Å². The number of aryl methyl sites for hydroxylation is 1. The fourth-order valence-electron chi connectivity index (χ4n) is 1.30. The van der Waals surface area contributed by atoms with Crippen LogP contribution in [0.3, 0.4) is 0 Å². The predicted octanol–water partition coefficient (Wildman–Crippen LogP) is 2.43. The molecule has 0 aliphatic carbocycles. The summed E-state index contributed by atoms with van der Waals surface area (Å²) >= 11 is 0. The standard InChI is InChI=1S/C8H6ClF2NO5S/c1-4-2-3-5(12(13)14)6(17-8(10)11)7(4)18(9,15)16/h2-3,8H,1H3. The number of nitro benzene ring substituents is 1. The number of hydrogen-bond acceptors (Lipinski definition) is 5. The summed E-state index contributed by atoms with van der Waals surface area (Å²) < 4.78 is 50.8. The zero-order chi connectivity index (χ0) is 14.1. The maximum Gasteiger partial charge on any atom is 0.387 e. The first kappa shape index (κ1) is 14.6. The molecule has 0 amide bonds. The van der Waals surface area contributed by atoms with Crippen molar-refractivity contribution >= 4 is 25.4 Å². The molecule has 0 bridgehead atoms. The minimum absolute atomic E-state index is 0.0359. The van der Waals surface area contributed by atoms with Crippen LogP contribution in [0.2, 0.25) is 0 Å². The minimum atomic E-state index is -4.46. The second-order valence-electron chi connectivity index (χ2n) is 3.13. The molecule has 0 atom stereocenters. The highest BCUT2D eigenvalue weighted by atomic mass is 35.7. The van der Waals surface area contributed by atoms with Crippen LogP contribution in [0.15, 0.2) is 17.0 Å². The first-order valence-corrected chi connectivity index (χ1v) is 6.63. The molecule has 0 heterocycles. The van der Waals surface area contributed by atoms with Crippen LogP contribution in [0, 0.1) is 17.0 Å². The molecule has 0 N–H and O–H groups in total. The third kappa shape index (κ3) is 3.05. The average Bonchev–Trinajstić information content (AvgIpc) is 2.13. The number of alkyl halides is 2. The molecule has 0 saturated carbocycles. The zero-order valence-electron chi connectivity index (χ0n) is 8.76. The van der Waals surface area contributed by atoms with E-state index in [9.17, 15) is 27.3 Å². The highest BCUT2D eigenvalue weighted by molar-refractivity contribution is 8.13. The lowest BCUT2D eigenvalue weighted by Gasteiger charge is -2.10. The number of benzene rings is 1. The molecule has 0 spiro atoms. The second kappa shape index (κ2) is 5.02. The summed E-state index contributed by atoms with van der Waals surface area (Å²) in [7, 11) is 0.597. The Balaban J connectivity index is 3.66. The van der Waals surface area contributed by atoms with E-state index in [1.54, 1.807) is 0 Å². The molecule has 0 aliphatic rings. The van der Waals surface area contributed by atoms with Gasteiger partial charge in [-0.15, -0.1) is 0 Å². The fraction of sp³-hybridized carbons (Fsp3) is 0.250. The molecular formula is C8H6ClF2NO5S. The van der Waals surface area contributed by atoms with E-state index in [0.717, 1.165) is 12.1 Å². The summed E-state index contributed by atoms with van der Waals surface area (Å²) in [6.07, 6.45) is 0. The summed E-state index contributed by atoms with van der Waals surface area (Å²) in [5, 5.41) is 10.6. The van der Waals surface area contributed by atoms with Crippen LogP contribution in [0.1, 0.15) is 5.56 Å². The third-order valence-corrected chi connectivity index (χ3v) is 3.39. The fourth-order valence-corrected chi connectivity index (χ4v) is 2.70. The molecule has 18 heavy (non-hydrogen) atoms. The molecule has 1 aromatic carbocycles. The average molecular weight is 302 g/mol. The van der Waals surface area contributed by atoms with E-state index < -0.39 is 36.9 Å². The monoisotopic (exact) mass is 301 g/mol. The van der Waals surface area contributed by atoms with Crippen LogP contribution in [0.4, 0.5) is 14.5 Å². The smallest absolute Gasteiger partial charge is 0.387 e. The first-order chi connectivity index (χ1) is 8.14. The van der Waals surface area contributed by atoms with Crippen molar-refractivity contribution in [1.82, 2.24) is 0 Å². The molecule has 1 aromatic rings. The summed E-state index contributed by atoms with van der Waals surface area (Å²) in [6.45, 7) is -2.17. The molecule has 0 aliphatic heterocycles. The molecule has 6 nitrogen and oxygen atoms in total. The molecular weight excluding hydrogens is 296 g/mol. The molecule has 1 rings (SSSR count). The van der Waals surface area contributed by atoms with E-state index in [-0.39, 0.29) is 5.56 Å². The normalized spacial score (nSPS) is 11.6. The summed E-state index contributed by atoms with van der Waals surface area (Å²) in [6, 6.07) is 1.93. The zero-order valence-corrected chi connectivity index (χ0v) is 10.3. The van der Waals surface area contributed by atoms with E-state index in [0.29, 0.717) is 0 Å². The van der Waals surface area contributed by atoms with Crippen molar-refractivity contribution in [1.29, 1.82) is 0 Å². The summed E-state index contributed by atoms with van der Waals surface area (Å²) in [4.78, 5) is 8.76. The number of rotatable bonds is 4. The van der Waals surface area contributed by atoms with E-state index >= 15 is 0 Å². The lowest BCUT2D eigenvalue weighted by molar-refractivity contribution is -0.386. The Morgan fingerprint density at radius 1 is 1.44 bits per heavy atom. The van der Waals surface area contributed by atoms with Crippen molar-refractivity contribution in [3.05, 3.63) is 27.8 Å². The van der Waals surface area contributed by atoms with Gasteiger partial charge in [0.15, 0.2) is 0 Å². The topological polar surface area (TPSA) is 86.5 Å². The van der Waals surface area contributed by atoms with E-state index in [1.807, 2.05) is 0 Å². The Kier molecular flexibility index (Phi) is 4.07. The van der Waals surface area contributed by atoms with Crippen molar-refractivity contribution in [2.75, 3.05) is 0 Å². The van der Waals surface area contributed by atoms with Gasteiger partial charge in [-0.1, -0.05) is 6.07 Å². The Morgan fingerprint density at radius 3 is 2.39 bits per heavy atom. The number of nitrogens with zero attached hydrogens (tertiary/aromatic N) is 1. The van der Waals surface area contributed by atoms with Gasteiger partial charge in [-0.25, -0.2) is 8.42 Å². The predicted molar refractivity (Wildman–Crippen MR) is 57.5 cm³/mol. The van der Waals surface area contributed by atoms with Gasteiger partial charge in [0.25, 0.3) is 9.05 Å². The van der Waals surface area contributed by atoms with E-state index in [2.05, 4.69) is 4.74 Å². The van der Waals surface area contributed by atoms with E-state index in [1.165, 1.54) is 6.92 Å².